The van der Waals surface area contributed by atoms with Crippen LogP contribution in [-0.4, -0.2) is 12.4 Å². The van der Waals surface area contributed by atoms with Gasteiger partial charge < -0.3 is 0 Å². The van der Waals surface area contributed by atoms with Gasteiger partial charge in [0.1, 0.15) is 5.70 Å². The van der Waals surface area contributed by atoms with Crippen molar-refractivity contribution in [3.05, 3.63) is 23.9 Å². The second-order valence-corrected chi connectivity index (χ2v) is 4.20. The molecule has 0 spiro atoms. The Hall–Kier alpha value is -1.06. The van der Waals surface area contributed by atoms with E-state index in [1.807, 2.05) is 19.9 Å². The van der Waals surface area contributed by atoms with Crippen molar-refractivity contribution in [3.63, 3.8) is 0 Å². The van der Waals surface area contributed by atoms with Crippen LogP contribution in [0.4, 0.5) is 13.2 Å². The summed E-state index contributed by atoms with van der Waals surface area (Å²) in [7, 11) is 0. The van der Waals surface area contributed by atoms with E-state index in [0.717, 1.165) is 24.8 Å². The molecule has 0 N–H and O–H groups in total. The number of hydrogen-bond acceptors (Lipinski definition) is 1. The first-order chi connectivity index (χ1) is 7.79. The topological polar surface area (TPSA) is 12.4 Å². The highest BCUT2D eigenvalue weighted by Crippen LogP contribution is 2.25. The minimum atomic E-state index is -4.44. The highest BCUT2D eigenvalue weighted by molar-refractivity contribution is 5.79. The number of nitrogens with zero attached hydrogens (tertiary/aromatic N) is 1. The van der Waals surface area contributed by atoms with Crippen molar-refractivity contribution >= 4 is 6.21 Å². The maximum Gasteiger partial charge on any atom is 0.432 e. The molecule has 17 heavy (non-hydrogen) atoms. The third kappa shape index (κ3) is 6.97. The van der Waals surface area contributed by atoms with Crippen molar-refractivity contribution in [1.82, 2.24) is 0 Å². The van der Waals surface area contributed by atoms with E-state index >= 15 is 0 Å². The molecule has 0 saturated heterocycles. The Morgan fingerprint density at radius 2 is 1.94 bits per heavy atom. The van der Waals surface area contributed by atoms with Crippen LogP contribution in [0.25, 0.3) is 0 Å². The maximum atomic E-state index is 12.2. The lowest BCUT2D eigenvalue weighted by Gasteiger charge is -2.08. The zero-order valence-electron chi connectivity index (χ0n) is 10.6. The van der Waals surface area contributed by atoms with Crippen LogP contribution in [0.1, 0.15) is 40.0 Å². The molecule has 0 aromatic carbocycles. The third-order valence-electron chi connectivity index (χ3n) is 2.30. The summed E-state index contributed by atoms with van der Waals surface area (Å²) in [6.45, 7) is 8.84. The first-order valence-electron chi connectivity index (χ1n) is 5.79. The van der Waals surface area contributed by atoms with E-state index in [1.54, 1.807) is 0 Å². The zero-order valence-corrected chi connectivity index (χ0v) is 10.6. The lowest BCUT2D eigenvalue weighted by Crippen LogP contribution is -2.09. The number of rotatable bonds is 6. The van der Waals surface area contributed by atoms with Crippen LogP contribution >= 0.6 is 0 Å². The number of aliphatic imine (C=N–C) groups is 1. The number of unbranched alkanes of at least 4 members (excludes halogenated alkanes) is 2. The fourth-order valence-electron chi connectivity index (χ4n) is 1.14. The van der Waals surface area contributed by atoms with Crippen LogP contribution in [0.5, 0.6) is 0 Å². The highest BCUT2D eigenvalue weighted by Gasteiger charge is 2.31. The molecule has 0 bridgehead atoms. The van der Waals surface area contributed by atoms with Crippen LogP contribution in [0, 0.1) is 5.92 Å². The van der Waals surface area contributed by atoms with Crippen LogP contribution in [-0.2, 0) is 0 Å². The quantitative estimate of drug-likeness (QED) is 0.467. The molecule has 0 unspecified atom stereocenters. The molecule has 98 valence electrons. The Balaban J connectivity index is 4.61. The molecule has 0 fully saturated rings. The van der Waals surface area contributed by atoms with E-state index in [0.29, 0.717) is 0 Å². The SMILES string of the molecule is C=C(N=C/C(=C\CCCC)C(C)C)C(F)(F)F. The van der Waals surface area contributed by atoms with Crippen molar-refractivity contribution in [1.29, 1.82) is 0 Å². The predicted octanol–water partition coefficient (Wildman–Crippen LogP) is 4.91. The van der Waals surface area contributed by atoms with Gasteiger partial charge in [-0.3, -0.25) is 4.99 Å². The molecule has 0 aliphatic rings. The minimum Gasteiger partial charge on any atom is -0.252 e. The molecule has 0 amide bonds. The van der Waals surface area contributed by atoms with E-state index in [2.05, 4.69) is 18.5 Å². The summed E-state index contributed by atoms with van der Waals surface area (Å²) in [5.41, 5.74) is -0.233. The molecule has 1 nitrogen and oxygen atoms in total. The first-order valence-corrected chi connectivity index (χ1v) is 5.79. The Morgan fingerprint density at radius 1 is 1.35 bits per heavy atom. The van der Waals surface area contributed by atoms with Crippen molar-refractivity contribution in [2.75, 3.05) is 0 Å². The van der Waals surface area contributed by atoms with E-state index in [9.17, 15) is 13.2 Å². The van der Waals surface area contributed by atoms with Gasteiger partial charge in [-0.2, -0.15) is 13.2 Å². The minimum absolute atomic E-state index is 0.164. The lowest BCUT2D eigenvalue weighted by atomic mass is 10.0. The third-order valence-corrected chi connectivity index (χ3v) is 2.30. The maximum absolute atomic E-state index is 12.2. The second-order valence-electron chi connectivity index (χ2n) is 4.20. The molecule has 0 heterocycles. The average molecular weight is 247 g/mol. The zero-order chi connectivity index (χ0) is 13.5. The monoisotopic (exact) mass is 247 g/mol. The van der Waals surface area contributed by atoms with Gasteiger partial charge in [0.2, 0.25) is 0 Å². The van der Waals surface area contributed by atoms with Crippen molar-refractivity contribution in [2.45, 2.75) is 46.2 Å². The summed E-state index contributed by atoms with van der Waals surface area (Å²) in [5.74, 6) is 0.164. The van der Waals surface area contributed by atoms with E-state index < -0.39 is 11.9 Å². The van der Waals surface area contributed by atoms with E-state index in [1.165, 1.54) is 6.21 Å². The molecule has 4 heteroatoms. The molecule has 0 aliphatic carbocycles. The smallest absolute Gasteiger partial charge is 0.252 e. The molecule has 0 aromatic rings. The predicted molar refractivity (Wildman–Crippen MR) is 66.1 cm³/mol. The fourth-order valence-corrected chi connectivity index (χ4v) is 1.14. The Morgan fingerprint density at radius 3 is 2.35 bits per heavy atom. The Labute approximate surface area is 101 Å². The second kappa shape index (κ2) is 7.30. The van der Waals surface area contributed by atoms with Crippen LogP contribution in [0.3, 0.4) is 0 Å². The van der Waals surface area contributed by atoms with Gasteiger partial charge in [0.15, 0.2) is 0 Å². The molecule has 0 aliphatic heterocycles. The summed E-state index contributed by atoms with van der Waals surface area (Å²) in [6, 6.07) is 0. The van der Waals surface area contributed by atoms with E-state index in [4.69, 9.17) is 0 Å². The van der Waals surface area contributed by atoms with Gasteiger partial charge in [-0.25, -0.2) is 0 Å². The summed E-state index contributed by atoms with van der Waals surface area (Å²) in [4.78, 5) is 3.38. The van der Waals surface area contributed by atoms with Gasteiger partial charge in [0.05, 0.1) is 0 Å². The fraction of sp³-hybridized carbons (Fsp3) is 0.615. The Bertz CT molecular complexity index is 298. The average Bonchev–Trinajstić information content (AvgIpc) is 2.20. The van der Waals surface area contributed by atoms with Gasteiger partial charge in [0.25, 0.3) is 0 Å². The van der Waals surface area contributed by atoms with Gasteiger partial charge in [-0.1, -0.05) is 46.3 Å². The largest absolute Gasteiger partial charge is 0.432 e. The molecule has 0 aromatic heterocycles. The van der Waals surface area contributed by atoms with Crippen LogP contribution in [0.15, 0.2) is 28.9 Å². The number of alkyl halides is 3. The molecule has 0 saturated carbocycles. The van der Waals surface area contributed by atoms with Gasteiger partial charge in [-0.15, -0.1) is 0 Å². The Kier molecular flexibility index (Phi) is 6.85. The van der Waals surface area contributed by atoms with Crippen molar-refractivity contribution < 1.29 is 13.2 Å². The number of hydrogen-bond donors (Lipinski definition) is 0. The van der Waals surface area contributed by atoms with Gasteiger partial charge in [0, 0.05) is 6.21 Å². The summed E-state index contributed by atoms with van der Waals surface area (Å²) in [5, 5.41) is 0. The molecular weight excluding hydrogens is 227 g/mol. The number of halogens is 3. The van der Waals surface area contributed by atoms with Crippen molar-refractivity contribution in [3.8, 4) is 0 Å². The molecule has 0 radical (unpaired) electrons. The van der Waals surface area contributed by atoms with E-state index in [-0.39, 0.29) is 5.92 Å². The first kappa shape index (κ1) is 15.9. The summed E-state index contributed by atoms with van der Waals surface area (Å²) < 4.78 is 36.5. The normalized spacial score (nSPS) is 13.7. The highest BCUT2D eigenvalue weighted by atomic mass is 19.4. The van der Waals surface area contributed by atoms with Gasteiger partial charge in [-0.05, 0) is 17.9 Å². The molecule has 0 rings (SSSR count). The van der Waals surface area contributed by atoms with Crippen LogP contribution in [0.2, 0.25) is 0 Å². The van der Waals surface area contributed by atoms with Crippen LogP contribution < -0.4 is 0 Å². The molecular formula is C13H20F3N. The lowest BCUT2D eigenvalue weighted by molar-refractivity contribution is -0.0918. The number of allylic oxidation sites excluding steroid dienone is 3. The summed E-state index contributed by atoms with van der Waals surface area (Å²) in [6.07, 6.45) is 1.74. The summed E-state index contributed by atoms with van der Waals surface area (Å²) >= 11 is 0. The molecule has 0 atom stereocenters. The van der Waals surface area contributed by atoms with Crippen molar-refractivity contribution in [2.24, 2.45) is 10.9 Å². The van der Waals surface area contributed by atoms with Gasteiger partial charge >= 0.3 is 6.18 Å². The standard InChI is InChI=1S/C13H20F3N/c1-5-6-7-8-12(10(2)3)9-17-11(4)13(14,15)16/h8-10H,4-7H2,1-3H3/b12-8+,17-9?.